The second-order valence-electron chi connectivity index (χ2n) is 6.37. The summed E-state index contributed by atoms with van der Waals surface area (Å²) in [6, 6.07) is 5.00. The number of rotatable bonds is 3. The molecular formula is C18H15FN6. The first kappa shape index (κ1) is 14.3. The lowest BCUT2D eigenvalue weighted by atomic mass is 10.1. The molecule has 0 atom stereocenters. The van der Waals surface area contributed by atoms with Crippen LogP contribution in [0.4, 0.5) is 4.39 Å². The molecule has 6 nitrogen and oxygen atoms in total. The van der Waals surface area contributed by atoms with Crippen LogP contribution in [0.3, 0.4) is 0 Å². The lowest BCUT2D eigenvalue weighted by Gasteiger charge is -2.06. The van der Waals surface area contributed by atoms with Crippen molar-refractivity contribution in [3.63, 3.8) is 0 Å². The van der Waals surface area contributed by atoms with Gasteiger partial charge in [0.1, 0.15) is 23.0 Å². The van der Waals surface area contributed by atoms with Gasteiger partial charge in [-0.3, -0.25) is 9.67 Å². The van der Waals surface area contributed by atoms with Crippen LogP contribution in [-0.4, -0.2) is 29.7 Å². The lowest BCUT2D eigenvalue weighted by molar-refractivity contribution is 0.621. The zero-order chi connectivity index (χ0) is 17.0. The Hall–Kier alpha value is -3.09. The van der Waals surface area contributed by atoms with E-state index in [2.05, 4.69) is 20.1 Å². The minimum atomic E-state index is -0.368. The van der Waals surface area contributed by atoms with Gasteiger partial charge in [0.2, 0.25) is 0 Å². The molecule has 0 amide bonds. The smallest absolute Gasteiger partial charge is 0.141 e. The molecule has 0 aliphatic heterocycles. The molecule has 0 radical (unpaired) electrons. The number of aryl methyl sites for hydroxylation is 1. The van der Waals surface area contributed by atoms with Crippen LogP contribution in [-0.2, 0) is 7.05 Å². The normalized spacial score (nSPS) is 14.3. The van der Waals surface area contributed by atoms with Crippen LogP contribution in [0, 0.1) is 5.82 Å². The second kappa shape index (κ2) is 5.20. The molecule has 0 saturated heterocycles. The molecule has 0 aromatic carbocycles. The number of H-pyrrole nitrogens is 1. The molecular weight excluding hydrogens is 319 g/mol. The van der Waals surface area contributed by atoms with Crippen molar-refractivity contribution in [1.82, 2.24) is 29.7 Å². The van der Waals surface area contributed by atoms with Gasteiger partial charge in [-0.1, -0.05) is 0 Å². The van der Waals surface area contributed by atoms with Crippen LogP contribution in [0.1, 0.15) is 24.6 Å². The van der Waals surface area contributed by atoms with Crippen LogP contribution in [0.15, 0.2) is 36.8 Å². The number of aromatic amines is 1. The molecule has 0 bridgehead atoms. The number of aromatic nitrogens is 6. The Balaban J connectivity index is 1.75. The maximum Gasteiger partial charge on any atom is 0.141 e. The van der Waals surface area contributed by atoms with E-state index in [1.54, 1.807) is 10.7 Å². The van der Waals surface area contributed by atoms with Crippen molar-refractivity contribution in [2.45, 2.75) is 18.8 Å². The number of pyridine rings is 1. The van der Waals surface area contributed by atoms with Gasteiger partial charge >= 0.3 is 0 Å². The minimum absolute atomic E-state index is 0.368. The average molecular weight is 334 g/mol. The first-order valence-corrected chi connectivity index (χ1v) is 8.20. The predicted molar refractivity (Wildman–Crippen MR) is 91.3 cm³/mol. The Labute approximate surface area is 142 Å². The molecule has 7 heteroatoms. The van der Waals surface area contributed by atoms with E-state index in [9.17, 15) is 4.39 Å². The largest absolute Gasteiger partial charge is 0.346 e. The Kier molecular flexibility index (Phi) is 2.97. The Morgan fingerprint density at radius 3 is 2.80 bits per heavy atom. The molecule has 0 unspecified atom stereocenters. The highest BCUT2D eigenvalue weighted by molar-refractivity contribution is 5.94. The van der Waals surface area contributed by atoms with Crippen molar-refractivity contribution in [1.29, 1.82) is 0 Å². The number of fused-ring (bicyclic) bond motifs is 1. The summed E-state index contributed by atoms with van der Waals surface area (Å²) in [6.07, 6.45) is 7.25. The van der Waals surface area contributed by atoms with E-state index in [0.717, 1.165) is 41.0 Å². The van der Waals surface area contributed by atoms with Crippen molar-refractivity contribution in [3.8, 4) is 22.6 Å². The van der Waals surface area contributed by atoms with Crippen LogP contribution >= 0.6 is 0 Å². The van der Waals surface area contributed by atoms with Gasteiger partial charge in [0.05, 0.1) is 17.6 Å². The summed E-state index contributed by atoms with van der Waals surface area (Å²) in [6.45, 7) is 0. The van der Waals surface area contributed by atoms with Gasteiger partial charge < -0.3 is 4.98 Å². The molecule has 1 aliphatic rings. The van der Waals surface area contributed by atoms with Gasteiger partial charge in [-0.15, -0.1) is 0 Å². The van der Waals surface area contributed by atoms with E-state index in [-0.39, 0.29) is 5.82 Å². The van der Waals surface area contributed by atoms with Gasteiger partial charge in [0.25, 0.3) is 0 Å². The average Bonchev–Trinajstić information content (AvgIpc) is 3.23. The summed E-state index contributed by atoms with van der Waals surface area (Å²) >= 11 is 0. The molecule has 124 valence electrons. The van der Waals surface area contributed by atoms with Crippen LogP contribution in [0.25, 0.3) is 33.7 Å². The highest BCUT2D eigenvalue weighted by atomic mass is 19.1. The SMILES string of the molecule is Cn1cc(-c2nc(C3CC3)nc3[nH]ccc23)c(-c2ccc(F)cn2)n1. The fraction of sp³-hybridized carbons (Fsp3) is 0.222. The second-order valence-corrected chi connectivity index (χ2v) is 6.37. The van der Waals surface area contributed by atoms with Gasteiger partial charge in [-0.25, -0.2) is 14.4 Å². The maximum absolute atomic E-state index is 13.2. The molecule has 25 heavy (non-hydrogen) atoms. The van der Waals surface area contributed by atoms with E-state index in [0.29, 0.717) is 17.3 Å². The predicted octanol–water partition coefficient (Wildman–Crippen LogP) is 3.44. The summed E-state index contributed by atoms with van der Waals surface area (Å²) in [7, 11) is 1.85. The third-order valence-corrected chi connectivity index (χ3v) is 4.43. The summed E-state index contributed by atoms with van der Waals surface area (Å²) < 4.78 is 15.0. The van der Waals surface area contributed by atoms with E-state index >= 15 is 0 Å². The fourth-order valence-corrected chi connectivity index (χ4v) is 3.05. The summed E-state index contributed by atoms with van der Waals surface area (Å²) in [5, 5.41) is 5.47. The molecule has 1 aliphatic carbocycles. The highest BCUT2D eigenvalue weighted by Gasteiger charge is 2.28. The van der Waals surface area contributed by atoms with Gasteiger partial charge in [-0.05, 0) is 31.0 Å². The number of nitrogens with zero attached hydrogens (tertiary/aromatic N) is 5. The summed E-state index contributed by atoms with van der Waals surface area (Å²) in [5.41, 5.74) is 3.84. The van der Waals surface area contributed by atoms with Crippen LogP contribution in [0.5, 0.6) is 0 Å². The number of hydrogen-bond donors (Lipinski definition) is 1. The molecule has 4 aromatic rings. The lowest BCUT2D eigenvalue weighted by Crippen LogP contribution is -1.97. The van der Waals surface area contributed by atoms with Crippen molar-refractivity contribution >= 4 is 11.0 Å². The first-order valence-electron chi connectivity index (χ1n) is 8.20. The number of hydrogen-bond acceptors (Lipinski definition) is 4. The molecule has 0 spiro atoms. The van der Waals surface area contributed by atoms with Gasteiger partial charge in [0, 0.05) is 36.3 Å². The summed E-state index contributed by atoms with van der Waals surface area (Å²) in [5.74, 6) is 0.939. The Morgan fingerprint density at radius 1 is 1.16 bits per heavy atom. The van der Waals surface area contributed by atoms with Crippen molar-refractivity contribution in [2.24, 2.45) is 7.05 Å². The zero-order valence-corrected chi connectivity index (χ0v) is 13.6. The quantitative estimate of drug-likeness (QED) is 0.623. The van der Waals surface area contributed by atoms with Gasteiger partial charge in [0.15, 0.2) is 0 Å². The molecule has 4 heterocycles. The molecule has 1 saturated carbocycles. The van der Waals surface area contributed by atoms with Crippen LogP contribution < -0.4 is 0 Å². The highest BCUT2D eigenvalue weighted by Crippen LogP contribution is 2.40. The van der Waals surface area contributed by atoms with E-state index in [1.807, 2.05) is 25.5 Å². The maximum atomic E-state index is 13.2. The topological polar surface area (TPSA) is 72.3 Å². The Morgan fingerprint density at radius 2 is 2.04 bits per heavy atom. The van der Waals surface area contributed by atoms with Crippen molar-refractivity contribution in [2.75, 3.05) is 0 Å². The van der Waals surface area contributed by atoms with Crippen molar-refractivity contribution in [3.05, 3.63) is 48.4 Å². The third-order valence-electron chi connectivity index (χ3n) is 4.43. The standard InChI is InChI=1S/C18H15FN6/c1-25-9-13(16(24-25)14-5-4-11(19)8-21-14)15-12-6-7-20-18(12)23-17(22-15)10-2-3-10/h4-10H,2-3H2,1H3,(H,20,22,23). The fourth-order valence-electron chi connectivity index (χ4n) is 3.05. The monoisotopic (exact) mass is 334 g/mol. The first-order chi connectivity index (χ1) is 12.2. The van der Waals surface area contributed by atoms with Gasteiger partial charge in [-0.2, -0.15) is 5.10 Å². The molecule has 5 rings (SSSR count). The zero-order valence-electron chi connectivity index (χ0n) is 13.6. The minimum Gasteiger partial charge on any atom is -0.346 e. The third kappa shape index (κ3) is 2.39. The molecule has 1 N–H and O–H groups in total. The van der Waals surface area contributed by atoms with Crippen molar-refractivity contribution < 1.29 is 4.39 Å². The Bertz CT molecular complexity index is 1070. The van der Waals surface area contributed by atoms with Crippen LogP contribution in [0.2, 0.25) is 0 Å². The van der Waals surface area contributed by atoms with E-state index in [4.69, 9.17) is 4.98 Å². The van der Waals surface area contributed by atoms with E-state index < -0.39 is 0 Å². The molecule has 1 fully saturated rings. The molecule has 4 aromatic heterocycles. The number of halogens is 1. The van der Waals surface area contributed by atoms with E-state index in [1.165, 1.54) is 12.3 Å². The number of nitrogens with one attached hydrogen (secondary N) is 1. The summed E-state index contributed by atoms with van der Waals surface area (Å²) in [4.78, 5) is 16.8.